The molecule has 0 bridgehead atoms. The fourth-order valence-electron chi connectivity index (χ4n) is 4.01. The summed E-state index contributed by atoms with van der Waals surface area (Å²) in [5.74, 6) is 0.229. The van der Waals surface area contributed by atoms with Crippen molar-refractivity contribution in [2.75, 3.05) is 18.8 Å². The SMILES string of the molecule is Nc1ncc(-c2cnn(C3CCNCC3)c2)c2cc(-c3cccc(OC(F)(F)F)c3)oc12. The second-order valence-corrected chi connectivity index (χ2v) is 7.68. The number of nitrogens with one attached hydrogen (secondary N) is 1. The molecule has 5 rings (SSSR count). The molecular formula is C22H20F3N5O2. The molecule has 0 amide bonds. The fraction of sp³-hybridized carbons (Fsp3) is 0.273. The lowest BCUT2D eigenvalue weighted by Crippen LogP contribution is -2.29. The quantitative estimate of drug-likeness (QED) is 0.473. The van der Waals surface area contributed by atoms with E-state index in [-0.39, 0.29) is 11.6 Å². The molecule has 0 atom stereocenters. The number of aromatic nitrogens is 3. The molecule has 1 aliphatic rings. The number of furan rings is 1. The molecule has 0 saturated carbocycles. The van der Waals surface area contributed by atoms with Crippen LogP contribution in [0.4, 0.5) is 19.0 Å². The first-order valence-electron chi connectivity index (χ1n) is 10.2. The highest BCUT2D eigenvalue weighted by Crippen LogP contribution is 2.38. The summed E-state index contributed by atoms with van der Waals surface area (Å²) < 4.78 is 49.7. The minimum atomic E-state index is -4.78. The van der Waals surface area contributed by atoms with E-state index in [2.05, 4.69) is 20.1 Å². The van der Waals surface area contributed by atoms with Crippen LogP contribution in [0.1, 0.15) is 18.9 Å². The second-order valence-electron chi connectivity index (χ2n) is 7.68. The van der Waals surface area contributed by atoms with Gasteiger partial charge in [0.2, 0.25) is 0 Å². The number of pyridine rings is 1. The van der Waals surface area contributed by atoms with Gasteiger partial charge in [0.05, 0.1) is 12.2 Å². The van der Waals surface area contributed by atoms with Crippen molar-refractivity contribution in [1.82, 2.24) is 20.1 Å². The van der Waals surface area contributed by atoms with Gasteiger partial charge in [-0.3, -0.25) is 4.68 Å². The molecule has 10 heteroatoms. The van der Waals surface area contributed by atoms with Gasteiger partial charge < -0.3 is 20.2 Å². The maximum absolute atomic E-state index is 12.6. The maximum Gasteiger partial charge on any atom is 0.573 e. The van der Waals surface area contributed by atoms with Crippen molar-refractivity contribution in [3.05, 3.63) is 48.9 Å². The monoisotopic (exact) mass is 443 g/mol. The molecule has 0 unspecified atom stereocenters. The normalized spacial score (nSPS) is 15.3. The lowest BCUT2D eigenvalue weighted by molar-refractivity contribution is -0.274. The number of ether oxygens (including phenoxy) is 1. The maximum atomic E-state index is 12.6. The minimum Gasteiger partial charge on any atom is -0.452 e. The Morgan fingerprint density at radius 3 is 2.72 bits per heavy atom. The molecule has 1 fully saturated rings. The number of nitrogens with two attached hydrogens (primary N) is 1. The van der Waals surface area contributed by atoms with Gasteiger partial charge in [-0.15, -0.1) is 13.2 Å². The third-order valence-electron chi connectivity index (χ3n) is 5.54. The van der Waals surface area contributed by atoms with Crippen LogP contribution < -0.4 is 15.8 Å². The van der Waals surface area contributed by atoms with Crippen molar-refractivity contribution in [1.29, 1.82) is 0 Å². The van der Waals surface area contributed by atoms with Gasteiger partial charge in [-0.1, -0.05) is 12.1 Å². The summed E-state index contributed by atoms with van der Waals surface area (Å²) in [5, 5.41) is 8.58. The van der Waals surface area contributed by atoms with E-state index in [9.17, 15) is 13.2 Å². The van der Waals surface area contributed by atoms with Crippen LogP contribution in [-0.2, 0) is 0 Å². The molecule has 166 valence electrons. The molecule has 3 aromatic heterocycles. The molecule has 0 spiro atoms. The number of hydrogen-bond donors (Lipinski definition) is 2. The summed E-state index contributed by atoms with van der Waals surface area (Å²) in [6.45, 7) is 1.91. The molecule has 32 heavy (non-hydrogen) atoms. The van der Waals surface area contributed by atoms with Crippen LogP contribution in [0.25, 0.3) is 33.4 Å². The molecule has 1 aromatic carbocycles. The average Bonchev–Trinajstić information content (AvgIpc) is 3.42. The number of fused-ring (bicyclic) bond motifs is 1. The van der Waals surface area contributed by atoms with Crippen LogP contribution in [0.5, 0.6) is 5.75 Å². The van der Waals surface area contributed by atoms with E-state index in [1.165, 1.54) is 18.2 Å². The summed E-state index contributed by atoms with van der Waals surface area (Å²) in [6, 6.07) is 7.68. The summed E-state index contributed by atoms with van der Waals surface area (Å²) in [5.41, 5.74) is 8.47. The van der Waals surface area contributed by atoms with Crippen molar-refractivity contribution in [3.63, 3.8) is 0 Å². The molecule has 7 nitrogen and oxygen atoms in total. The third-order valence-corrected chi connectivity index (χ3v) is 5.54. The van der Waals surface area contributed by atoms with Crippen LogP contribution in [0.15, 0.2) is 53.3 Å². The molecule has 4 heterocycles. The molecule has 1 aliphatic heterocycles. The molecular weight excluding hydrogens is 423 g/mol. The van der Waals surface area contributed by atoms with Crippen molar-refractivity contribution in [2.24, 2.45) is 0 Å². The van der Waals surface area contributed by atoms with Crippen molar-refractivity contribution >= 4 is 16.8 Å². The van der Waals surface area contributed by atoms with Crippen LogP contribution in [0.3, 0.4) is 0 Å². The second kappa shape index (κ2) is 7.86. The Morgan fingerprint density at radius 2 is 1.94 bits per heavy atom. The number of benzene rings is 1. The first kappa shape index (κ1) is 20.4. The number of anilines is 1. The van der Waals surface area contributed by atoms with Crippen molar-refractivity contribution < 1.29 is 22.3 Å². The van der Waals surface area contributed by atoms with Gasteiger partial charge in [-0.05, 0) is 44.1 Å². The number of rotatable bonds is 4. The van der Waals surface area contributed by atoms with Gasteiger partial charge >= 0.3 is 6.36 Å². The molecule has 1 saturated heterocycles. The lowest BCUT2D eigenvalue weighted by atomic mass is 10.1. The molecule has 4 aromatic rings. The van der Waals surface area contributed by atoms with Gasteiger partial charge in [0.1, 0.15) is 11.5 Å². The highest BCUT2D eigenvalue weighted by atomic mass is 19.4. The number of nitrogen functional groups attached to an aromatic ring is 1. The topological polar surface area (TPSA) is 91.1 Å². The Bertz CT molecular complexity index is 1260. The van der Waals surface area contributed by atoms with E-state index in [0.717, 1.165) is 37.1 Å². The highest BCUT2D eigenvalue weighted by molar-refractivity contribution is 6.00. The summed E-state index contributed by atoms with van der Waals surface area (Å²) in [7, 11) is 0. The molecule has 0 aliphatic carbocycles. The van der Waals surface area contributed by atoms with Crippen molar-refractivity contribution in [2.45, 2.75) is 25.2 Å². The number of nitrogens with zero attached hydrogens (tertiary/aromatic N) is 3. The number of alkyl halides is 3. The fourth-order valence-corrected chi connectivity index (χ4v) is 4.01. The smallest absolute Gasteiger partial charge is 0.452 e. The Hall–Kier alpha value is -3.53. The van der Waals surface area contributed by atoms with E-state index >= 15 is 0 Å². The van der Waals surface area contributed by atoms with Gasteiger partial charge in [0.15, 0.2) is 11.4 Å². The summed E-state index contributed by atoms with van der Waals surface area (Å²) >= 11 is 0. The van der Waals surface area contributed by atoms with Crippen LogP contribution in [0, 0.1) is 0 Å². The predicted octanol–water partition coefficient (Wildman–Crippen LogP) is 4.76. The lowest BCUT2D eigenvalue weighted by Gasteiger charge is -2.22. The van der Waals surface area contributed by atoms with Gasteiger partial charge in [-0.2, -0.15) is 5.10 Å². The Balaban J connectivity index is 1.53. The van der Waals surface area contributed by atoms with Crippen LogP contribution in [0.2, 0.25) is 0 Å². The van der Waals surface area contributed by atoms with Gasteiger partial charge in [0, 0.05) is 34.5 Å². The van der Waals surface area contributed by atoms with Crippen molar-refractivity contribution in [3.8, 4) is 28.2 Å². The standard InChI is InChI=1S/C22H20F3N5O2/c23-22(24,25)32-16-3-1-2-13(8-16)19-9-17-18(11-28-21(26)20(17)31-19)14-10-29-30(12-14)15-4-6-27-7-5-15/h1-3,8-12,15,27H,4-7H2,(H2,26,28). The number of piperidine rings is 1. The number of hydrogen-bond acceptors (Lipinski definition) is 6. The van der Waals surface area contributed by atoms with E-state index in [0.29, 0.717) is 28.3 Å². The Morgan fingerprint density at radius 1 is 1.12 bits per heavy atom. The first-order valence-corrected chi connectivity index (χ1v) is 10.2. The highest BCUT2D eigenvalue weighted by Gasteiger charge is 2.31. The van der Waals surface area contributed by atoms with Gasteiger partial charge in [0.25, 0.3) is 0 Å². The molecule has 0 radical (unpaired) electrons. The largest absolute Gasteiger partial charge is 0.573 e. The predicted molar refractivity (Wildman–Crippen MR) is 113 cm³/mol. The third kappa shape index (κ3) is 4.01. The zero-order valence-corrected chi connectivity index (χ0v) is 16.9. The zero-order chi connectivity index (χ0) is 22.3. The Kier molecular flexibility index (Phi) is 5.01. The minimum absolute atomic E-state index is 0.198. The first-order chi connectivity index (χ1) is 15.4. The van der Waals surface area contributed by atoms with Gasteiger partial charge in [-0.25, -0.2) is 4.98 Å². The summed E-state index contributed by atoms with van der Waals surface area (Å²) in [4.78, 5) is 4.24. The zero-order valence-electron chi connectivity index (χ0n) is 16.9. The van der Waals surface area contributed by atoms with E-state index in [1.807, 2.05) is 10.9 Å². The van der Waals surface area contributed by atoms with E-state index in [4.69, 9.17) is 10.2 Å². The Labute approximate surface area is 181 Å². The number of halogens is 3. The average molecular weight is 443 g/mol. The van der Waals surface area contributed by atoms with E-state index < -0.39 is 6.36 Å². The molecule has 3 N–H and O–H groups in total. The van der Waals surface area contributed by atoms with Crippen LogP contribution >= 0.6 is 0 Å². The summed E-state index contributed by atoms with van der Waals surface area (Å²) in [6.07, 6.45) is 2.64. The van der Waals surface area contributed by atoms with Crippen LogP contribution in [-0.4, -0.2) is 34.2 Å². The van der Waals surface area contributed by atoms with E-state index in [1.54, 1.807) is 24.5 Å².